The van der Waals surface area contributed by atoms with E-state index in [1.807, 2.05) is 30.2 Å². The fourth-order valence-corrected chi connectivity index (χ4v) is 5.94. The number of piperidine rings is 1. The Morgan fingerprint density at radius 3 is 3.03 bits per heavy atom. The van der Waals surface area contributed by atoms with E-state index in [2.05, 4.69) is 27.7 Å². The Hall–Kier alpha value is -3.66. The largest absolute Gasteiger partial charge is 0.375 e. The molecule has 2 atom stereocenters. The molecule has 0 saturated carbocycles. The van der Waals surface area contributed by atoms with E-state index in [1.165, 1.54) is 5.57 Å². The molecule has 6 rings (SSSR count). The topological polar surface area (TPSA) is 71.7 Å². The standard InChI is InChI=1S/C26H24FN5O/c1-31-13-21(16-10-18-3-2-4-19(11-16)32(18)24(33)7-8-28)26-22(14-31)20-12-17(27)9-15-5-6-23(25(15)20)29-30-26/h5-6,9-10,12,14,18-19,30H,2-4,7,11,13H2,1H3. The summed E-state index contributed by atoms with van der Waals surface area (Å²) in [6, 6.07) is 5.29. The van der Waals surface area contributed by atoms with Crippen LogP contribution in [0.25, 0.3) is 11.6 Å². The lowest BCUT2D eigenvalue weighted by atomic mass is 9.80. The minimum Gasteiger partial charge on any atom is -0.375 e. The Morgan fingerprint density at radius 1 is 1.33 bits per heavy atom. The maximum Gasteiger partial charge on any atom is 0.237 e. The van der Waals surface area contributed by atoms with E-state index >= 15 is 0 Å². The number of hydrogen-bond donors (Lipinski definition) is 1. The molecule has 1 N–H and O–H groups in total. The predicted octanol–water partition coefficient (Wildman–Crippen LogP) is 3.69. The molecule has 0 aromatic heterocycles. The number of fused-ring (bicyclic) bond motifs is 4. The Kier molecular flexibility index (Phi) is 4.51. The highest BCUT2D eigenvalue weighted by atomic mass is 19.1. The van der Waals surface area contributed by atoms with Crippen molar-refractivity contribution in [1.82, 2.24) is 15.2 Å². The van der Waals surface area contributed by atoms with Crippen LogP contribution in [0.2, 0.25) is 0 Å². The van der Waals surface area contributed by atoms with Crippen LogP contribution in [0.1, 0.15) is 48.8 Å². The van der Waals surface area contributed by atoms with Crippen LogP contribution >= 0.6 is 0 Å². The lowest BCUT2D eigenvalue weighted by Crippen LogP contribution is -2.52. The number of likely N-dealkylation sites (N-methyl/N-ethyl adjacent to an activating group) is 1. The summed E-state index contributed by atoms with van der Waals surface area (Å²) in [5.41, 5.74) is 11.0. The number of benzene rings is 1. The summed E-state index contributed by atoms with van der Waals surface area (Å²) >= 11 is 0. The van der Waals surface area contributed by atoms with E-state index < -0.39 is 0 Å². The zero-order valence-corrected chi connectivity index (χ0v) is 18.4. The fourth-order valence-electron chi connectivity index (χ4n) is 5.94. The van der Waals surface area contributed by atoms with E-state index in [-0.39, 0.29) is 30.2 Å². The van der Waals surface area contributed by atoms with Crippen molar-refractivity contribution in [2.24, 2.45) is 5.10 Å². The molecule has 0 radical (unpaired) electrons. The number of hydrazone groups is 1. The van der Waals surface area contributed by atoms with Crippen LogP contribution < -0.4 is 5.43 Å². The molecular weight excluding hydrogens is 417 g/mol. The third kappa shape index (κ3) is 3.12. The van der Waals surface area contributed by atoms with Gasteiger partial charge >= 0.3 is 0 Å². The van der Waals surface area contributed by atoms with Gasteiger partial charge in [0.15, 0.2) is 0 Å². The summed E-state index contributed by atoms with van der Waals surface area (Å²) < 4.78 is 14.5. The molecule has 33 heavy (non-hydrogen) atoms. The number of halogens is 1. The number of allylic oxidation sites excluding steroid dienone is 2. The summed E-state index contributed by atoms with van der Waals surface area (Å²) in [5.74, 6) is -0.334. The first-order chi connectivity index (χ1) is 16.0. The summed E-state index contributed by atoms with van der Waals surface area (Å²) in [4.78, 5) is 16.7. The Balaban J connectivity index is 1.47. The van der Waals surface area contributed by atoms with Gasteiger partial charge in [0.1, 0.15) is 12.2 Å². The first kappa shape index (κ1) is 20.0. The lowest BCUT2D eigenvalue weighted by molar-refractivity contribution is -0.136. The van der Waals surface area contributed by atoms with E-state index in [4.69, 9.17) is 5.26 Å². The number of nitriles is 1. The number of amides is 1. The molecule has 0 spiro atoms. The van der Waals surface area contributed by atoms with Crippen LogP contribution in [0.15, 0.2) is 52.4 Å². The summed E-state index contributed by atoms with van der Waals surface area (Å²) in [6.07, 6.45) is 11.7. The molecule has 4 heterocycles. The average molecular weight is 442 g/mol. The second-order valence-corrected chi connectivity index (χ2v) is 9.36. The van der Waals surface area contributed by atoms with Crippen LogP contribution in [0.5, 0.6) is 0 Å². The van der Waals surface area contributed by atoms with Crippen LogP contribution in [-0.2, 0) is 4.79 Å². The highest BCUT2D eigenvalue weighted by Gasteiger charge is 2.39. The van der Waals surface area contributed by atoms with Gasteiger partial charge < -0.3 is 9.80 Å². The van der Waals surface area contributed by atoms with Gasteiger partial charge in [0.25, 0.3) is 0 Å². The van der Waals surface area contributed by atoms with Gasteiger partial charge in [0.05, 0.1) is 23.5 Å². The highest BCUT2D eigenvalue weighted by Crippen LogP contribution is 2.42. The molecule has 1 aliphatic carbocycles. The molecule has 2 bridgehead atoms. The third-order valence-corrected chi connectivity index (χ3v) is 7.26. The molecule has 7 heteroatoms. The summed E-state index contributed by atoms with van der Waals surface area (Å²) in [6.45, 7) is 0.710. The van der Waals surface area contributed by atoms with Gasteiger partial charge in [0, 0.05) is 42.5 Å². The molecule has 2 unspecified atom stereocenters. The first-order valence-electron chi connectivity index (χ1n) is 11.4. The minimum atomic E-state index is -0.260. The Labute approximate surface area is 192 Å². The van der Waals surface area contributed by atoms with Gasteiger partial charge in [-0.2, -0.15) is 10.4 Å². The van der Waals surface area contributed by atoms with Gasteiger partial charge in [-0.3, -0.25) is 10.2 Å². The first-order valence-corrected chi connectivity index (χ1v) is 11.4. The van der Waals surface area contributed by atoms with Gasteiger partial charge in [0.2, 0.25) is 5.91 Å². The number of carbonyl (C=O) groups is 1. The van der Waals surface area contributed by atoms with Crippen LogP contribution in [0.4, 0.5) is 4.39 Å². The molecule has 1 fully saturated rings. The zero-order chi connectivity index (χ0) is 22.7. The maximum absolute atomic E-state index is 14.5. The van der Waals surface area contributed by atoms with Gasteiger partial charge in [-0.25, -0.2) is 4.39 Å². The summed E-state index contributed by atoms with van der Waals surface area (Å²) in [5, 5.41) is 13.7. The number of nitrogens with zero attached hydrogens (tertiary/aromatic N) is 4. The van der Waals surface area contributed by atoms with E-state index in [0.717, 1.165) is 64.9 Å². The minimum absolute atomic E-state index is 0.0177. The monoisotopic (exact) mass is 441 g/mol. The Bertz CT molecular complexity index is 1280. The molecule has 1 aromatic carbocycles. The third-order valence-electron chi connectivity index (χ3n) is 7.26. The summed E-state index contributed by atoms with van der Waals surface area (Å²) in [7, 11) is 2.03. The fraction of sp³-hybridized carbons (Fsp3) is 0.346. The lowest BCUT2D eigenvalue weighted by Gasteiger charge is -2.45. The second kappa shape index (κ2) is 7.45. The highest BCUT2D eigenvalue weighted by molar-refractivity contribution is 6.20. The van der Waals surface area contributed by atoms with Crippen molar-refractivity contribution in [2.45, 2.75) is 44.2 Å². The van der Waals surface area contributed by atoms with Crippen molar-refractivity contribution in [3.63, 3.8) is 0 Å². The molecule has 1 aromatic rings. The number of hydrogen-bond acceptors (Lipinski definition) is 5. The van der Waals surface area contributed by atoms with Crippen molar-refractivity contribution in [1.29, 1.82) is 5.26 Å². The SMILES string of the molecule is CN1C=C2C(=C(C3=CC4CCCC(C3)N4C(=O)CC#N)C1)NN=C1C=Cc3cc(F)cc2c31. The van der Waals surface area contributed by atoms with E-state index in [0.29, 0.717) is 6.54 Å². The van der Waals surface area contributed by atoms with Gasteiger partial charge in [-0.05, 0) is 60.6 Å². The zero-order valence-electron chi connectivity index (χ0n) is 18.4. The molecule has 4 aliphatic heterocycles. The van der Waals surface area contributed by atoms with Crippen molar-refractivity contribution in [3.8, 4) is 6.07 Å². The molecule has 5 aliphatic rings. The smallest absolute Gasteiger partial charge is 0.237 e. The van der Waals surface area contributed by atoms with Crippen LogP contribution in [0, 0.1) is 17.1 Å². The van der Waals surface area contributed by atoms with E-state index in [1.54, 1.807) is 12.1 Å². The van der Waals surface area contributed by atoms with Crippen molar-refractivity contribution in [3.05, 3.63) is 69.8 Å². The second-order valence-electron chi connectivity index (χ2n) is 9.36. The van der Waals surface area contributed by atoms with Crippen molar-refractivity contribution in [2.75, 3.05) is 13.6 Å². The average Bonchev–Trinajstić information content (AvgIpc) is 3.11. The molecule has 1 amide bonds. The maximum atomic E-state index is 14.5. The van der Waals surface area contributed by atoms with Crippen LogP contribution in [0.3, 0.4) is 0 Å². The van der Waals surface area contributed by atoms with Gasteiger partial charge in [-0.1, -0.05) is 12.2 Å². The van der Waals surface area contributed by atoms with Crippen molar-refractivity contribution >= 4 is 23.3 Å². The van der Waals surface area contributed by atoms with E-state index in [9.17, 15) is 9.18 Å². The molecule has 166 valence electrons. The van der Waals surface area contributed by atoms with Crippen LogP contribution in [-0.4, -0.2) is 47.1 Å². The van der Waals surface area contributed by atoms with Gasteiger partial charge in [-0.15, -0.1) is 0 Å². The van der Waals surface area contributed by atoms with Crippen molar-refractivity contribution < 1.29 is 9.18 Å². The molecule has 1 saturated heterocycles. The predicted molar refractivity (Wildman–Crippen MR) is 124 cm³/mol. The molecule has 6 nitrogen and oxygen atoms in total. The number of nitrogens with one attached hydrogen (secondary N) is 1. The number of carbonyl (C=O) groups excluding carboxylic acids is 1. The normalized spacial score (nSPS) is 24.7. The molecular formula is C26H24FN5O. The quantitative estimate of drug-likeness (QED) is 0.760. The Morgan fingerprint density at radius 2 is 2.21 bits per heavy atom. The number of rotatable bonds is 2.